The van der Waals surface area contributed by atoms with Gasteiger partial charge in [0.05, 0.1) is 11.6 Å². The molecule has 0 N–H and O–H groups in total. The largest absolute Gasteiger partial charge is 0.462 e. The zero-order valence-electron chi connectivity index (χ0n) is 18.0. The van der Waals surface area contributed by atoms with E-state index in [1.165, 1.54) is 24.5 Å². The third-order valence-corrected chi connectivity index (χ3v) is 8.34. The minimum absolute atomic E-state index is 0.00519. The summed E-state index contributed by atoms with van der Waals surface area (Å²) in [7, 11) is 0. The number of nitrogens with zero attached hydrogens (tertiary/aromatic N) is 2. The van der Waals surface area contributed by atoms with Gasteiger partial charge in [-0.3, -0.25) is 9.69 Å². The van der Waals surface area contributed by atoms with Gasteiger partial charge in [0.1, 0.15) is 11.9 Å². The lowest BCUT2D eigenvalue weighted by atomic mass is 9.55. The van der Waals surface area contributed by atoms with E-state index in [0.29, 0.717) is 17.5 Å². The molecule has 0 radical (unpaired) electrons. The lowest BCUT2D eigenvalue weighted by molar-refractivity contribution is -0.146. The lowest BCUT2D eigenvalue weighted by Crippen LogP contribution is -2.50. The minimum Gasteiger partial charge on any atom is -0.462 e. The van der Waals surface area contributed by atoms with Crippen LogP contribution in [0.2, 0.25) is 0 Å². The fourth-order valence-corrected chi connectivity index (χ4v) is 6.62. The van der Waals surface area contributed by atoms with Gasteiger partial charge in [-0.2, -0.15) is 0 Å². The van der Waals surface area contributed by atoms with E-state index in [9.17, 15) is 9.18 Å². The molecule has 4 nitrogen and oxygen atoms in total. The smallest absolute Gasteiger partial charge is 0.310 e. The number of anilines is 1. The topological polar surface area (TPSA) is 32.8 Å². The first-order chi connectivity index (χ1) is 14.4. The molecule has 1 aromatic rings. The van der Waals surface area contributed by atoms with Crippen molar-refractivity contribution in [1.82, 2.24) is 4.90 Å². The minimum atomic E-state index is -0.161. The molecule has 2 aliphatic carbocycles. The predicted octanol–water partition coefficient (Wildman–Crippen LogP) is 4.26. The van der Waals surface area contributed by atoms with Gasteiger partial charge in [0.2, 0.25) is 0 Å². The average Bonchev–Trinajstić information content (AvgIpc) is 3.01. The number of piperazine rings is 1. The Morgan fingerprint density at radius 1 is 1.23 bits per heavy atom. The highest BCUT2D eigenvalue weighted by atomic mass is 19.1. The number of esters is 1. The maximum atomic E-state index is 14.1. The van der Waals surface area contributed by atoms with E-state index >= 15 is 0 Å². The maximum absolute atomic E-state index is 14.1. The number of carbonyl (C=O) groups is 1. The van der Waals surface area contributed by atoms with E-state index in [4.69, 9.17) is 4.74 Å². The standard InChI is InChI=1S/C25H33FN2O2/c1-17-6-5-9-25(2)15-23-18(14-20(17)25)19(24(29)30-23)16-27-10-12-28(13-11-27)22-8-4-3-7-21(22)26/h3-4,7-8,18-20,23H,1,5-6,9-16H2,2H3/t18-,19-,20-,23+,25+/m0/s1. The van der Waals surface area contributed by atoms with Crippen LogP contribution in [0.5, 0.6) is 0 Å². The van der Waals surface area contributed by atoms with Crippen LogP contribution >= 0.6 is 0 Å². The van der Waals surface area contributed by atoms with E-state index < -0.39 is 0 Å². The normalized spacial score (nSPS) is 36.9. The number of fused-ring (bicyclic) bond motifs is 2. The van der Waals surface area contributed by atoms with Crippen molar-refractivity contribution in [3.63, 3.8) is 0 Å². The molecule has 5 heteroatoms. The quantitative estimate of drug-likeness (QED) is 0.549. The summed E-state index contributed by atoms with van der Waals surface area (Å²) in [6, 6.07) is 6.98. The van der Waals surface area contributed by atoms with E-state index in [0.717, 1.165) is 52.0 Å². The van der Waals surface area contributed by atoms with Crippen LogP contribution < -0.4 is 4.90 Å². The Morgan fingerprint density at radius 3 is 2.77 bits per heavy atom. The summed E-state index contributed by atoms with van der Waals surface area (Å²) in [5.41, 5.74) is 2.32. The van der Waals surface area contributed by atoms with E-state index in [1.807, 2.05) is 12.1 Å². The molecule has 2 saturated heterocycles. The van der Waals surface area contributed by atoms with Gasteiger partial charge in [-0.25, -0.2) is 4.39 Å². The maximum Gasteiger partial charge on any atom is 0.310 e. The molecule has 4 fully saturated rings. The highest BCUT2D eigenvalue weighted by Crippen LogP contribution is 2.56. The first-order valence-electron chi connectivity index (χ1n) is 11.5. The molecule has 1 aromatic carbocycles. The van der Waals surface area contributed by atoms with Crippen molar-refractivity contribution < 1.29 is 13.9 Å². The summed E-state index contributed by atoms with van der Waals surface area (Å²) < 4.78 is 20.0. The highest BCUT2D eigenvalue weighted by Gasteiger charge is 2.55. The predicted molar refractivity (Wildman–Crippen MR) is 116 cm³/mol. The molecular formula is C25H33FN2O2. The molecule has 0 bridgehead atoms. The first-order valence-corrected chi connectivity index (χ1v) is 11.5. The third kappa shape index (κ3) is 3.45. The summed E-state index contributed by atoms with van der Waals surface area (Å²) in [5.74, 6) is 0.646. The number of hydrogen-bond donors (Lipinski definition) is 0. The molecule has 5 atom stereocenters. The fourth-order valence-electron chi connectivity index (χ4n) is 6.62. The van der Waals surface area contributed by atoms with Crippen LogP contribution in [-0.4, -0.2) is 49.7 Å². The van der Waals surface area contributed by atoms with Crippen LogP contribution in [0.1, 0.15) is 39.0 Å². The van der Waals surface area contributed by atoms with Crippen LogP contribution in [-0.2, 0) is 9.53 Å². The number of ether oxygens (including phenoxy) is 1. The van der Waals surface area contributed by atoms with Crippen molar-refractivity contribution in [2.45, 2.75) is 45.1 Å². The van der Waals surface area contributed by atoms with Gasteiger partial charge in [0, 0.05) is 38.6 Å². The second-order valence-electron chi connectivity index (χ2n) is 10.1. The molecule has 2 aliphatic heterocycles. The molecule has 162 valence electrons. The monoisotopic (exact) mass is 412 g/mol. The fraction of sp³-hybridized carbons (Fsp3) is 0.640. The van der Waals surface area contributed by atoms with Gasteiger partial charge in [-0.05, 0) is 55.6 Å². The number of benzene rings is 1. The van der Waals surface area contributed by atoms with Gasteiger partial charge in [-0.1, -0.05) is 31.2 Å². The van der Waals surface area contributed by atoms with E-state index in [2.05, 4.69) is 23.3 Å². The van der Waals surface area contributed by atoms with Crippen LogP contribution in [0.3, 0.4) is 0 Å². The van der Waals surface area contributed by atoms with Crippen LogP contribution in [0, 0.1) is 29.0 Å². The zero-order chi connectivity index (χ0) is 20.9. The summed E-state index contributed by atoms with van der Waals surface area (Å²) in [5, 5.41) is 0. The Hall–Kier alpha value is -1.88. The molecule has 4 aliphatic rings. The van der Waals surface area contributed by atoms with Crippen LogP contribution in [0.25, 0.3) is 0 Å². The van der Waals surface area contributed by atoms with Crippen molar-refractivity contribution in [2.24, 2.45) is 23.2 Å². The average molecular weight is 413 g/mol. The number of rotatable bonds is 3. The molecule has 0 amide bonds. The number of para-hydroxylation sites is 1. The number of hydrogen-bond acceptors (Lipinski definition) is 4. The zero-order valence-corrected chi connectivity index (χ0v) is 18.0. The Kier molecular flexibility index (Phi) is 5.12. The van der Waals surface area contributed by atoms with Crippen LogP contribution in [0.4, 0.5) is 10.1 Å². The number of halogens is 1. The van der Waals surface area contributed by atoms with Gasteiger partial charge in [0.25, 0.3) is 0 Å². The van der Waals surface area contributed by atoms with Gasteiger partial charge < -0.3 is 9.64 Å². The van der Waals surface area contributed by atoms with Crippen molar-refractivity contribution in [3.8, 4) is 0 Å². The van der Waals surface area contributed by atoms with Gasteiger partial charge in [-0.15, -0.1) is 0 Å². The second-order valence-corrected chi connectivity index (χ2v) is 10.1. The molecule has 2 saturated carbocycles. The van der Waals surface area contributed by atoms with Crippen molar-refractivity contribution >= 4 is 11.7 Å². The Bertz CT molecular complexity index is 834. The molecule has 0 spiro atoms. The number of carbonyl (C=O) groups excluding carboxylic acids is 1. The Labute approximate surface area is 179 Å². The lowest BCUT2D eigenvalue weighted by Gasteiger charge is -2.50. The SMILES string of the molecule is C=C1CCC[C@]2(C)C[C@H]3OC(=O)[C@@H](CN4CCN(c5ccccc5F)CC4)[C@@H]3C[C@@H]12. The molecular weight excluding hydrogens is 379 g/mol. The molecule has 5 rings (SSSR count). The van der Waals surface area contributed by atoms with E-state index in [1.54, 1.807) is 6.07 Å². The summed E-state index contributed by atoms with van der Waals surface area (Å²) in [4.78, 5) is 17.3. The molecule has 30 heavy (non-hydrogen) atoms. The van der Waals surface area contributed by atoms with Crippen molar-refractivity contribution in [3.05, 3.63) is 42.2 Å². The summed E-state index contributed by atoms with van der Waals surface area (Å²) >= 11 is 0. The number of allylic oxidation sites excluding steroid dienone is 1. The van der Waals surface area contributed by atoms with Crippen LogP contribution in [0.15, 0.2) is 36.4 Å². The summed E-state index contributed by atoms with van der Waals surface area (Å²) in [6.07, 6.45) is 5.69. The molecule has 2 heterocycles. The van der Waals surface area contributed by atoms with Gasteiger partial charge >= 0.3 is 5.97 Å². The third-order valence-electron chi connectivity index (χ3n) is 8.34. The van der Waals surface area contributed by atoms with Crippen molar-refractivity contribution in [2.75, 3.05) is 37.6 Å². The Morgan fingerprint density at radius 2 is 2.00 bits per heavy atom. The Balaban J connectivity index is 1.23. The van der Waals surface area contributed by atoms with Gasteiger partial charge in [0.15, 0.2) is 0 Å². The molecule has 0 unspecified atom stereocenters. The second kappa shape index (κ2) is 7.67. The summed E-state index contributed by atoms with van der Waals surface area (Å²) in [6.45, 7) is 10.8. The highest BCUT2D eigenvalue weighted by molar-refractivity contribution is 5.75. The van der Waals surface area contributed by atoms with Crippen molar-refractivity contribution in [1.29, 1.82) is 0 Å². The molecule has 0 aromatic heterocycles. The first kappa shape index (κ1) is 20.0. The van der Waals surface area contributed by atoms with E-state index in [-0.39, 0.29) is 29.2 Å².